The van der Waals surface area contributed by atoms with E-state index in [0.29, 0.717) is 36.4 Å². The van der Waals surface area contributed by atoms with Crippen LogP contribution in [0, 0.1) is 0 Å². The van der Waals surface area contributed by atoms with Crippen LogP contribution < -0.4 is 10.6 Å². The Bertz CT molecular complexity index is 1050. The summed E-state index contributed by atoms with van der Waals surface area (Å²) in [5.41, 5.74) is 1.40. The Kier molecular flexibility index (Phi) is 6.97. The fourth-order valence-corrected chi connectivity index (χ4v) is 4.46. The fourth-order valence-electron chi connectivity index (χ4n) is 3.83. The molecule has 1 fully saturated rings. The van der Waals surface area contributed by atoms with Gasteiger partial charge < -0.3 is 15.5 Å². The van der Waals surface area contributed by atoms with Gasteiger partial charge in [-0.15, -0.1) is 11.3 Å². The van der Waals surface area contributed by atoms with E-state index < -0.39 is 6.04 Å². The van der Waals surface area contributed by atoms with Crippen LogP contribution in [0.15, 0.2) is 78.2 Å². The topological polar surface area (TPSA) is 78.5 Å². The van der Waals surface area contributed by atoms with Crippen LogP contribution in [0.5, 0.6) is 0 Å². The summed E-state index contributed by atoms with van der Waals surface area (Å²) in [6.07, 6.45) is 1.34. The number of hydrogen-bond acceptors (Lipinski definition) is 4. The van der Waals surface area contributed by atoms with Crippen molar-refractivity contribution >= 4 is 29.1 Å². The van der Waals surface area contributed by atoms with Gasteiger partial charge in [0.1, 0.15) is 6.04 Å². The highest BCUT2D eigenvalue weighted by Gasteiger charge is 2.29. The first-order valence-corrected chi connectivity index (χ1v) is 11.5. The third kappa shape index (κ3) is 5.23. The van der Waals surface area contributed by atoms with Crippen molar-refractivity contribution in [2.75, 3.05) is 13.1 Å². The Morgan fingerprint density at radius 3 is 2.16 bits per heavy atom. The number of likely N-dealkylation sites (tertiary alicyclic amines) is 1. The number of hydrogen-bond donors (Lipinski definition) is 2. The summed E-state index contributed by atoms with van der Waals surface area (Å²) >= 11 is 1.34. The van der Waals surface area contributed by atoms with E-state index in [9.17, 15) is 14.4 Å². The van der Waals surface area contributed by atoms with Gasteiger partial charge in [0.2, 0.25) is 5.91 Å². The first kappa shape index (κ1) is 21.8. The third-order valence-corrected chi connectivity index (χ3v) is 6.43. The number of piperidine rings is 1. The minimum atomic E-state index is -0.783. The van der Waals surface area contributed by atoms with Gasteiger partial charge in [-0.3, -0.25) is 14.4 Å². The van der Waals surface area contributed by atoms with Gasteiger partial charge in [-0.1, -0.05) is 54.6 Å². The second-order valence-corrected chi connectivity index (χ2v) is 8.68. The molecule has 0 radical (unpaired) electrons. The maximum Gasteiger partial charge on any atom is 0.262 e. The first-order valence-electron chi connectivity index (χ1n) is 10.7. The highest BCUT2D eigenvalue weighted by atomic mass is 32.1. The van der Waals surface area contributed by atoms with Gasteiger partial charge in [0.15, 0.2) is 0 Å². The monoisotopic (exact) mass is 447 g/mol. The third-order valence-electron chi connectivity index (χ3n) is 5.56. The summed E-state index contributed by atoms with van der Waals surface area (Å²) in [4.78, 5) is 40.8. The molecule has 3 aromatic rings. The second kappa shape index (κ2) is 10.2. The molecule has 0 unspecified atom stereocenters. The number of carbonyl (C=O) groups excluding carboxylic acids is 3. The van der Waals surface area contributed by atoms with E-state index in [1.165, 1.54) is 11.3 Å². The molecule has 32 heavy (non-hydrogen) atoms. The van der Waals surface area contributed by atoms with Crippen molar-refractivity contribution in [2.45, 2.75) is 24.9 Å². The summed E-state index contributed by atoms with van der Waals surface area (Å²) in [5, 5.41) is 7.78. The molecule has 1 aliphatic rings. The van der Waals surface area contributed by atoms with Crippen LogP contribution in [0.25, 0.3) is 0 Å². The minimum absolute atomic E-state index is 0.0146. The predicted molar refractivity (Wildman–Crippen MR) is 124 cm³/mol. The molecule has 2 heterocycles. The van der Waals surface area contributed by atoms with Crippen molar-refractivity contribution in [2.24, 2.45) is 0 Å². The standard InChI is InChI=1S/C25H25N3O3S/c29-23(21-12-7-17-32-21)27-22(18-8-3-1-4-9-18)24(30)26-20-13-15-28(16-14-20)25(31)19-10-5-2-6-11-19/h1-12,17,20,22H,13-16H2,(H,26,30)(H,27,29)/t22-/m0/s1. The van der Waals surface area contributed by atoms with Gasteiger partial charge in [0.25, 0.3) is 11.8 Å². The summed E-state index contributed by atoms with van der Waals surface area (Å²) in [5.74, 6) is -0.498. The van der Waals surface area contributed by atoms with E-state index in [-0.39, 0.29) is 23.8 Å². The van der Waals surface area contributed by atoms with E-state index in [4.69, 9.17) is 0 Å². The number of thiophene rings is 1. The average molecular weight is 448 g/mol. The molecular weight excluding hydrogens is 422 g/mol. The van der Waals surface area contributed by atoms with Crippen LogP contribution in [0.4, 0.5) is 0 Å². The molecule has 3 amide bonds. The molecule has 1 aromatic heterocycles. The Labute approximate surface area is 191 Å². The first-order chi connectivity index (χ1) is 15.6. The fraction of sp³-hybridized carbons (Fsp3) is 0.240. The molecule has 164 valence electrons. The van der Waals surface area contributed by atoms with Crippen LogP contribution in [0.2, 0.25) is 0 Å². The zero-order valence-electron chi connectivity index (χ0n) is 17.6. The summed E-state index contributed by atoms with van der Waals surface area (Å²) in [6, 6.07) is 21.2. The lowest BCUT2D eigenvalue weighted by molar-refractivity contribution is -0.124. The van der Waals surface area contributed by atoms with Gasteiger partial charge in [0.05, 0.1) is 4.88 Å². The van der Waals surface area contributed by atoms with Crippen molar-refractivity contribution in [3.8, 4) is 0 Å². The summed E-state index contributed by atoms with van der Waals surface area (Å²) in [6.45, 7) is 1.16. The molecule has 0 spiro atoms. The molecule has 2 N–H and O–H groups in total. The van der Waals surface area contributed by atoms with Gasteiger partial charge in [-0.05, 0) is 42.0 Å². The van der Waals surface area contributed by atoms with Crippen molar-refractivity contribution < 1.29 is 14.4 Å². The number of nitrogens with one attached hydrogen (secondary N) is 2. The number of amides is 3. The Morgan fingerprint density at radius 2 is 1.53 bits per heavy atom. The SMILES string of the molecule is O=C(N[C@H](C(=O)NC1CCN(C(=O)c2ccccc2)CC1)c1ccccc1)c1cccs1. The number of benzene rings is 2. The average Bonchev–Trinajstić information content (AvgIpc) is 3.39. The normalized spacial score (nSPS) is 15.1. The summed E-state index contributed by atoms with van der Waals surface area (Å²) in [7, 11) is 0. The lowest BCUT2D eigenvalue weighted by Gasteiger charge is -2.33. The molecule has 1 aliphatic heterocycles. The smallest absolute Gasteiger partial charge is 0.262 e. The molecule has 4 rings (SSSR count). The predicted octanol–water partition coefficient (Wildman–Crippen LogP) is 3.64. The van der Waals surface area contributed by atoms with Crippen LogP contribution in [0.3, 0.4) is 0 Å². The number of nitrogens with zero attached hydrogens (tertiary/aromatic N) is 1. The molecule has 0 aliphatic carbocycles. The summed E-state index contributed by atoms with van der Waals surface area (Å²) < 4.78 is 0. The van der Waals surface area contributed by atoms with Crippen LogP contribution in [0.1, 0.15) is 44.5 Å². The van der Waals surface area contributed by atoms with Crippen LogP contribution >= 0.6 is 11.3 Å². The van der Waals surface area contributed by atoms with Gasteiger partial charge in [-0.2, -0.15) is 0 Å². The molecule has 1 atom stereocenters. The molecule has 7 heteroatoms. The molecule has 1 saturated heterocycles. The van der Waals surface area contributed by atoms with Gasteiger partial charge in [-0.25, -0.2) is 0 Å². The van der Waals surface area contributed by atoms with Crippen molar-refractivity contribution in [3.05, 3.63) is 94.2 Å². The molecule has 0 saturated carbocycles. The van der Waals surface area contributed by atoms with Gasteiger partial charge in [0, 0.05) is 24.7 Å². The van der Waals surface area contributed by atoms with E-state index in [1.54, 1.807) is 6.07 Å². The van der Waals surface area contributed by atoms with E-state index in [1.807, 2.05) is 77.0 Å². The Morgan fingerprint density at radius 1 is 0.875 bits per heavy atom. The lowest BCUT2D eigenvalue weighted by atomic mass is 10.0. The van der Waals surface area contributed by atoms with E-state index >= 15 is 0 Å². The molecule has 6 nitrogen and oxygen atoms in total. The lowest BCUT2D eigenvalue weighted by Crippen LogP contribution is -2.49. The maximum atomic E-state index is 13.2. The highest BCUT2D eigenvalue weighted by Crippen LogP contribution is 2.19. The highest BCUT2D eigenvalue weighted by molar-refractivity contribution is 7.12. The second-order valence-electron chi connectivity index (χ2n) is 7.74. The quantitative estimate of drug-likeness (QED) is 0.606. The Hall–Kier alpha value is -3.45. The minimum Gasteiger partial charge on any atom is -0.351 e. The number of rotatable bonds is 6. The zero-order valence-corrected chi connectivity index (χ0v) is 18.4. The Balaban J connectivity index is 1.38. The number of carbonyl (C=O) groups is 3. The van der Waals surface area contributed by atoms with Crippen LogP contribution in [-0.4, -0.2) is 41.8 Å². The largest absolute Gasteiger partial charge is 0.351 e. The van der Waals surface area contributed by atoms with E-state index in [0.717, 1.165) is 5.56 Å². The maximum absolute atomic E-state index is 13.2. The molecule has 0 bridgehead atoms. The van der Waals surface area contributed by atoms with Crippen molar-refractivity contribution in [1.29, 1.82) is 0 Å². The molecule has 2 aromatic carbocycles. The van der Waals surface area contributed by atoms with E-state index in [2.05, 4.69) is 10.6 Å². The van der Waals surface area contributed by atoms with Crippen molar-refractivity contribution in [1.82, 2.24) is 15.5 Å². The van der Waals surface area contributed by atoms with Gasteiger partial charge >= 0.3 is 0 Å². The molecular formula is C25H25N3O3S. The zero-order chi connectivity index (χ0) is 22.3. The van der Waals surface area contributed by atoms with Crippen molar-refractivity contribution in [3.63, 3.8) is 0 Å². The van der Waals surface area contributed by atoms with Crippen LogP contribution in [-0.2, 0) is 4.79 Å².